The number of carbonyl (C=O) groups is 1. The number of aromatic amines is 1. The van der Waals surface area contributed by atoms with E-state index < -0.39 is 0 Å². The molecule has 3 heterocycles. The number of carbonyl (C=O) groups excluding carboxylic acids is 1. The predicted octanol–water partition coefficient (Wildman–Crippen LogP) is 2.79. The summed E-state index contributed by atoms with van der Waals surface area (Å²) in [7, 11) is 0. The SMILES string of the molecule is O=C(C1CC12CCN(c1nc3ccccc3[nH]1)CC2)N1CCCC1. The summed E-state index contributed by atoms with van der Waals surface area (Å²) in [6, 6.07) is 8.18. The van der Waals surface area contributed by atoms with Crippen LogP contribution < -0.4 is 4.90 Å². The number of hydrogen-bond donors (Lipinski definition) is 1. The molecule has 3 aliphatic rings. The van der Waals surface area contributed by atoms with Gasteiger partial charge in [0.1, 0.15) is 0 Å². The number of amides is 1. The monoisotopic (exact) mass is 324 g/mol. The highest BCUT2D eigenvalue weighted by atomic mass is 16.2. The van der Waals surface area contributed by atoms with Gasteiger partial charge in [-0.2, -0.15) is 0 Å². The number of likely N-dealkylation sites (tertiary alicyclic amines) is 1. The minimum Gasteiger partial charge on any atom is -0.342 e. The molecule has 5 nitrogen and oxygen atoms in total. The number of nitrogens with zero attached hydrogens (tertiary/aromatic N) is 3. The van der Waals surface area contributed by atoms with Crippen LogP contribution in [-0.2, 0) is 4.79 Å². The molecule has 1 aromatic heterocycles. The average Bonchev–Trinajstić information content (AvgIpc) is 3.02. The third-order valence-electron chi connectivity index (χ3n) is 6.34. The lowest BCUT2D eigenvalue weighted by molar-refractivity contribution is -0.132. The van der Waals surface area contributed by atoms with Crippen molar-refractivity contribution in [3.63, 3.8) is 0 Å². The van der Waals surface area contributed by atoms with Crippen LogP contribution in [-0.4, -0.2) is 47.0 Å². The maximum absolute atomic E-state index is 12.6. The van der Waals surface area contributed by atoms with E-state index in [0.29, 0.717) is 17.2 Å². The Morgan fingerprint density at radius 3 is 2.62 bits per heavy atom. The van der Waals surface area contributed by atoms with Gasteiger partial charge in [0.25, 0.3) is 0 Å². The van der Waals surface area contributed by atoms with Crippen molar-refractivity contribution in [2.45, 2.75) is 32.1 Å². The van der Waals surface area contributed by atoms with E-state index in [9.17, 15) is 4.79 Å². The summed E-state index contributed by atoms with van der Waals surface area (Å²) < 4.78 is 0. The molecule has 5 heteroatoms. The Morgan fingerprint density at radius 2 is 1.88 bits per heavy atom. The lowest BCUT2D eigenvalue weighted by Crippen LogP contribution is -2.38. The van der Waals surface area contributed by atoms with Crippen LogP contribution in [0.3, 0.4) is 0 Å². The number of imidazole rings is 1. The van der Waals surface area contributed by atoms with E-state index in [2.05, 4.69) is 20.9 Å². The molecule has 24 heavy (non-hydrogen) atoms. The first-order valence-electron chi connectivity index (χ1n) is 9.24. The van der Waals surface area contributed by atoms with E-state index in [1.54, 1.807) is 0 Å². The number of benzene rings is 1. The molecule has 5 rings (SSSR count). The molecule has 2 aliphatic heterocycles. The maximum Gasteiger partial charge on any atom is 0.226 e. The van der Waals surface area contributed by atoms with Crippen molar-refractivity contribution < 1.29 is 4.79 Å². The average molecular weight is 324 g/mol. The molecule has 1 N–H and O–H groups in total. The molecule has 1 saturated carbocycles. The lowest BCUT2D eigenvalue weighted by Gasteiger charge is -2.33. The van der Waals surface area contributed by atoms with E-state index in [1.807, 2.05) is 18.2 Å². The molecule has 0 bridgehead atoms. The molecule has 3 fully saturated rings. The van der Waals surface area contributed by atoms with Gasteiger partial charge in [0, 0.05) is 32.1 Å². The van der Waals surface area contributed by atoms with Crippen LogP contribution in [0.1, 0.15) is 32.1 Å². The summed E-state index contributed by atoms with van der Waals surface area (Å²) in [5.74, 6) is 1.72. The molecule has 126 valence electrons. The minimum atomic E-state index is 0.294. The van der Waals surface area contributed by atoms with E-state index in [1.165, 1.54) is 12.8 Å². The van der Waals surface area contributed by atoms with Crippen molar-refractivity contribution in [3.8, 4) is 0 Å². The van der Waals surface area contributed by atoms with Crippen molar-refractivity contribution in [3.05, 3.63) is 24.3 Å². The zero-order valence-electron chi connectivity index (χ0n) is 14.0. The van der Waals surface area contributed by atoms with Gasteiger partial charge in [-0.25, -0.2) is 4.98 Å². The van der Waals surface area contributed by atoms with Gasteiger partial charge < -0.3 is 14.8 Å². The second-order valence-corrected chi connectivity index (χ2v) is 7.72. The Kier molecular flexibility index (Phi) is 3.12. The van der Waals surface area contributed by atoms with Crippen molar-refractivity contribution >= 4 is 22.9 Å². The first kappa shape index (κ1) is 14.3. The standard InChI is InChI=1S/C19H24N4O/c24-17(22-9-3-4-10-22)14-13-19(14)7-11-23(12-8-19)18-20-15-5-1-2-6-16(15)21-18/h1-2,5-6,14H,3-4,7-13H2,(H,20,21). The van der Waals surface area contributed by atoms with E-state index in [-0.39, 0.29) is 0 Å². The minimum absolute atomic E-state index is 0.294. The summed E-state index contributed by atoms with van der Waals surface area (Å²) >= 11 is 0. The topological polar surface area (TPSA) is 52.2 Å². The number of rotatable bonds is 2. The summed E-state index contributed by atoms with van der Waals surface area (Å²) in [6.07, 6.45) is 5.72. The Bertz CT molecular complexity index is 736. The van der Waals surface area contributed by atoms with Crippen LogP contribution in [0.5, 0.6) is 0 Å². The molecule has 1 atom stereocenters. The third kappa shape index (κ3) is 2.21. The molecular formula is C19H24N4O. The largest absolute Gasteiger partial charge is 0.342 e. The first-order chi connectivity index (χ1) is 11.8. The molecule has 1 amide bonds. The van der Waals surface area contributed by atoms with Crippen LogP contribution >= 0.6 is 0 Å². The second-order valence-electron chi connectivity index (χ2n) is 7.72. The Balaban J connectivity index is 1.25. The number of hydrogen-bond acceptors (Lipinski definition) is 3. The van der Waals surface area contributed by atoms with Crippen LogP contribution in [0.2, 0.25) is 0 Å². The van der Waals surface area contributed by atoms with Gasteiger partial charge in [-0.05, 0) is 49.7 Å². The van der Waals surface area contributed by atoms with Crippen molar-refractivity contribution in [1.82, 2.24) is 14.9 Å². The number of H-pyrrole nitrogens is 1. The molecule has 2 aromatic rings. The van der Waals surface area contributed by atoms with E-state index >= 15 is 0 Å². The number of para-hydroxylation sites is 2. The van der Waals surface area contributed by atoms with Crippen LogP contribution in [0.4, 0.5) is 5.95 Å². The van der Waals surface area contributed by atoms with Crippen molar-refractivity contribution in [2.75, 3.05) is 31.1 Å². The van der Waals surface area contributed by atoms with Gasteiger partial charge in [0.05, 0.1) is 11.0 Å². The van der Waals surface area contributed by atoms with Gasteiger partial charge in [0.2, 0.25) is 11.9 Å². The molecule has 1 aromatic carbocycles. The number of fused-ring (bicyclic) bond motifs is 1. The highest BCUT2D eigenvalue weighted by Gasteiger charge is 2.59. The molecule has 1 spiro atoms. The highest BCUT2D eigenvalue weighted by molar-refractivity contribution is 5.83. The summed E-state index contributed by atoms with van der Waals surface area (Å²) in [5, 5.41) is 0. The molecule has 0 radical (unpaired) electrons. The smallest absolute Gasteiger partial charge is 0.226 e. The fourth-order valence-electron chi connectivity index (χ4n) is 4.66. The lowest BCUT2D eigenvalue weighted by atomic mass is 9.90. The Morgan fingerprint density at radius 1 is 1.12 bits per heavy atom. The van der Waals surface area contributed by atoms with Crippen molar-refractivity contribution in [2.24, 2.45) is 11.3 Å². The van der Waals surface area contributed by atoms with Crippen LogP contribution in [0.15, 0.2) is 24.3 Å². The van der Waals surface area contributed by atoms with Gasteiger partial charge >= 0.3 is 0 Å². The van der Waals surface area contributed by atoms with Crippen molar-refractivity contribution in [1.29, 1.82) is 0 Å². The molecule has 2 saturated heterocycles. The fraction of sp³-hybridized carbons (Fsp3) is 0.579. The van der Waals surface area contributed by atoms with Gasteiger partial charge in [-0.15, -0.1) is 0 Å². The van der Waals surface area contributed by atoms with Gasteiger partial charge in [-0.1, -0.05) is 12.1 Å². The maximum atomic E-state index is 12.6. The zero-order chi connectivity index (χ0) is 16.1. The zero-order valence-corrected chi connectivity index (χ0v) is 14.0. The quantitative estimate of drug-likeness (QED) is 0.924. The predicted molar refractivity (Wildman–Crippen MR) is 93.9 cm³/mol. The normalized spacial score (nSPS) is 25.6. The molecule has 1 aliphatic carbocycles. The van der Waals surface area contributed by atoms with Crippen LogP contribution in [0, 0.1) is 11.3 Å². The first-order valence-corrected chi connectivity index (χ1v) is 9.24. The number of aromatic nitrogens is 2. The summed E-state index contributed by atoms with van der Waals surface area (Å²) in [4.78, 5) is 25.2. The van der Waals surface area contributed by atoms with E-state index in [4.69, 9.17) is 4.98 Å². The highest BCUT2D eigenvalue weighted by Crippen LogP contribution is 2.60. The number of anilines is 1. The Hall–Kier alpha value is -2.04. The summed E-state index contributed by atoms with van der Waals surface area (Å²) in [6.45, 7) is 3.97. The Labute approximate surface area is 142 Å². The van der Waals surface area contributed by atoms with Gasteiger partial charge in [-0.3, -0.25) is 4.79 Å². The summed E-state index contributed by atoms with van der Waals surface area (Å²) in [5.41, 5.74) is 2.42. The van der Waals surface area contributed by atoms with Crippen LogP contribution in [0.25, 0.3) is 11.0 Å². The van der Waals surface area contributed by atoms with E-state index in [0.717, 1.165) is 62.4 Å². The second kappa shape index (κ2) is 5.23. The molecular weight excluding hydrogens is 300 g/mol. The third-order valence-corrected chi connectivity index (χ3v) is 6.34. The van der Waals surface area contributed by atoms with Gasteiger partial charge in [0.15, 0.2) is 0 Å². The fourth-order valence-corrected chi connectivity index (χ4v) is 4.66. The number of piperidine rings is 1. The number of nitrogens with one attached hydrogen (secondary N) is 1. The molecule has 1 unspecified atom stereocenters.